The third kappa shape index (κ3) is 7.23. The molecule has 184 valence electrons. The fraction of sp³-hybridized carbons (Fsp3) is 0.423. The van der Waals surface area contributed by atoms with Crippen LogP contribution in [0.5, 0.6) is 11.5 Å². The van der Waals surface area contributed by atoms with Crippen molar-refractivity contribution in [3.8, 4) is 11.5 Å². The van der Waals surface area contributed by atoms with Gasteiger partial charge in [-0.1, -0.05) is 64.4 Å². The summed E-state index contributed by atoms with van der Waals surface area (Å²) in [7, 11) is 2.89. The highest BCUT2D eigenvalue weighted by Crippen LogP contribution is 2.34. The number of amides is 2. The normalized spacial score (nSPS) is 11.8. The molecule has 8 heteroatoms. The number of carbonyl (C=O) groups is 3. The van der Waals surface area contributed by atoms with E-state index in [2.05, 4.69) is 10.6 Å². The minimum Gasteiger partial charge on any atom is -0.493 e. The highest BCUT2D eigenvalue weighted by molar-refractivity contribution is 6.04. The quantitative estimate of drug-likeness (QED) is 0.496. The number of benzene rings is 2. The molecule has 0 aromatic heterocycles. The van der Waals surface area contributed by atoms with Gasteiger partial charge in [-0.3, -0.25) is 9.59 Å². The predicted molar refractivity (Wildman–Crippen MR) is 130 cm³/mol. The average molecular weight is 471 g/mol. The molecule has 0 saturated carbocycles. The summed E-state index contributed by atoms with van der Waals surface area (Å²) in [6, 6.07) is 12.4. The highest BCUT2D eigenvalue weighted by atomic mass is 16.5. The number of rotatable bonds is 10. The molecule has 1 atom stereocenters. The Hall–Kier alpha value is -3.55. The Balaban J connectivity index is 2.18. The maximum absolute atomic E-state index is 12.9. The lowest BCUT2D eigenvalue weighted by molar-refractivity contribution is -0.125. The van der Waals surface area contributed by atoms with Crippen LogP contribution in [0, 0.1) is 5.41 Å². The van der Waals surface area contributed by atoms with Gasteiger partial charge in [-0.25, -0.2) is 4.79 Å². The van der Waals surface area contributed by atoms with E-state index in [9.17, 15) is 14.4 Å². The number of carbonyl (C=O) groups excluding carboxylic acids is 3. The van der Waals surface area contributed by atoms with Crippen LogP contribution in [0.25, 0.3) is 0 Å². The highest BCUT2D eigenvalue weighted by Gasteiger charge is 2.26. The largest absolute Gasteiger partial charge is 0.493 e. The van der Waals surface area contributed by atoms with Crippen molar-refractivity contribution in [3.05, 3.63) is 53.6 Å². The SMILES string of the molecule is CCCC(NC(=O)COC(=O)c1cc(OC)c(OC)cc1NC(=O)C(C)(C)C)c1ccccc1. The van der Waals surface area contributed by atoms with E-state index in [0.29, 0.717) is 11.5 Å². The number of esters is 1. The molecule has 2 aromatic rings. The standard InChI is InChI=1S/C26H34N2O6/c1-7-11-19(17-12-9-8-10-13-17)27-23(29)16-34-24(30)18-14-21(32-5)22(33-6)15-20(18)28-25(31)26(2,3)4/h8-10,12-15,19H,7,11,16H2,1-6H3,(H,27,29)(H,28,31). The van der Waals surface area contributed by atoms with Crippen molar-refractivity contribution in [2.75, 3.05) is 26.1 Å². The summed E-state index contributed by atoms with van der Waals surface area (Å²) in [5.74, 6) is -0.855. The van der Waals surface area contributed by atoms with Gasteiger partial charge in [0.1, 0.15) is 0 Å². The molecular weight excluding hydrogens is 436 g/mol. The first kappa shape index (κ1) is 26.7. The fourth-order valence-electron chi connectivity index (χ4n) is 3.20. The maximum Gasteiger partial charge on any atom is 0.340 e. The third-order valence-corrected chi connectivity index (χ3v) is 5.12. The molecule has 1 unspecified atom stereocenters. The molecule has 0 aliphatic rings. The summed E-state index contributed by atoms with van der Waals surface area (Å²) >= 11 is 0. The monoisotopic (exact) mass is 470 g/mol. The van der Waals surface area contributed by atoms with E-state index in [1.54, 1.807) is 20.8 Å². The van der Waals surface area contributed by atoms with Gasteiger partial charge in [0.2, 0.25) is 5.91 Å². The van der Waals surface area contributed by atoms with Gasteiger partial charge in [0.15, 0.2) is 18.1 Å². The Morgan fingerprint density at radius 1 is 0.971 bits per heavy atom. The summed E-state index contributed by atoms with van der Waals surface area (Å²) in [6.45, 7) is 6.83. The van der Waals surface area contributed by atoms with Crippen LogP contribution in [0.15, 0.2) is 42.5 Å². The van der Waals surface area contributed by atoms with Gasteiger partial charge in [-0.05, 0) is 12.0 Å². The van der Waals surface area contributed by atoms with Crippen molar-refractivity contribution >= 4 is 23.5 Å². The van der Waals surface area contributed by atoms with Gasteiger partial charge in [-0.2, -0.15) is 0 Å². The van der Waals surface area contributed by atoms with Gasteiger partial charge >= 0.3 is 5.97 Å². The molecule has 0 saturated heterocycles. The Morgan fingerprint density at radius 2 is 1.59 bits per heavy atom. The lowest BCUT2D eigenvalue weighted by Crippen LogP contribution is -2.32. The number of methoxy groups -OCH3 is 2. The van der Waals surface area contributed by atoms with Crippen LogP contribution >= 0.6 is 0 Å². The molecule has 0 bridgehead atoms. The van der Waals surface area contributed by atoms with Crippen molar-refractivity contribution in [2.24, 2.45) is 5.41 Å². The lowest BCUT2D eigenvalue weighted by Gasteiger charge is -2.21. The van der Waals surface area contributed by atoms with E-state index in [1.165, 1.54) is 26.4 Å². The van der Waals surface area contributed by atoms with E-state index in [1.807, 2.05) is 37.3 Å². The molecule has 0 heterocycles. The second kappa shape index (κ2) is 12.1. The van der Waals surface area contributed by atoms with Crippen molar-refractivity contribution in [2.45, 2.75) is 46.6 Å². The topological polar surface area (TPSA) is 103 Å². The summed E-state index contributed by atoms with van der Waals surface area (Å²) in [5, 5.41) is 5.66. The van der Waals surface area contributed by atoms with Crippen LogP contribution in [0.3, 0.4) is 0 Å². The molecule has 8 nitrogen and oxygen atoms in total. The Bertz CT molecular complexity index is 998. The van der Waals surface area contributed by atoms with E-state index >= 15 is 0 Å². The van der Waals surface area contributed by atoms with Crippen LogP contribution in [-0.4, -0.2) is 38.6 Å². The van der Waals surface area contributed by atoms with E-state index < -0.39 is 23.9 Å². The second-order valence-electron chi connectivity index (χ2n) is 8.85. The zero-order chi connectivity index (χ0) is 25.3. The molecule has 0 aliphatic carbocycles. The lowest BCUT2D eigenvalue weighted by atomic mass is 9.95. The molecular formula is C26H34N2O6. The van der Waals surface area contributed by atoms with Crippen LogP contribution in [0.2, 0.25) is 0 Å². The minimum atomic E-state index is -0.771. The van der Waals surface area contributed by atoms with Gasteiger partial charge in [0, 0.05) is 17.5 Å². The number of hydrogen-bond acceptors (Lipinski definition) is 6. The first-order chi connectivity index (χ1) is 16.1. The van der Waals surface area contributed by atoms with Crippen LogP contribution in [0.1, 0.15) is 62.5 Å². The zero-order valence-electron chi connectivity index (χ0n) is 20.7. The second-order valence-corrected chi connectivity index (χ2v) is 8.85. The molecule has 0 aliphatic heterocycles. The minimum absolute atomic E-state index is 0.0521. The van der Waals surface area contributed by atoms with E-state index in [0.717, 1.165) is 18.4 Å². The Morgan fingerprint density at radius 3 is 2.15 bits per heavy atom. The molecule has 0 spiro atoms. The van der Waals surface area contributed by atoms with Gasteiger partial charge in [-0.15, -0.1) is 0 Å². The van der Waals surface area contributed by atoms with E-state index in [4.69, 9.17) is 14.2 Å². The Kier molecular flexibility index (Phi) is 9.47. The summed E-state index contributed by atoms with van der Waals surface area (Å²) in [6.07, 6.45) is 1.63. The summed E-state index contributed by atoms with van der Waals surface area (Å²) in [5.41, 5.74) is 0.545. The van der Waals surface area contributed by atoms with Gasteiger partial charge in [0.25, 0.3) is 5.91 Å². The van der Waals surface area contributed by atoms with Crippen LogP contribution in [0.4, 0.5) is 5.69 Å². The third-order valence-electron chi connectivity index (χ3n) is 5.12. The number of ether oxygens (including phenoxy) is 3. The molecule has 0 radical (unpaired) electrons. The summed E-state index contributed by atoms with van der Waals surface area (Å²) in [4.78, 5) is 38.0. The number of nitrogens with one attached hydrogen (secondary N) is 2. The van der Waals surface area contributed by atoms with Gasteiger partial charge in [0.05, 0.1) is 31.5 Å². The molecule has 34 heavy (non-hydrogen) atoms. The van der Waals surface area contributed by atoms with Crippen LogP contribution < -0.4 is 20.1 Å². The van der Waals surface area contributed by atoms with Crippen LogP contribution in [-0.2, 0) is 14.3 Å². The Labute approximate surface area is 201 Å². The number of hydrogen-bond donors (Lipinski definition) is 2. The van der Waals surface area contributed by atoms with Gasteiger partial charge < -0.3 is 24.8 Å². The smallest absolute Gasteiger partial charge is 0.340 e. The molecule has 0 fully saturated rings. The average Bonchev–Trinajstić information content (AvgIpc) is 2.81. The van der Waals surface area contributed by atoms with Crippen molar-refractivity contribution < 1.29 is 28.6 Å². The number of anilines is 1. The maximum atomic E-state index is 12.9. The van der Waals surface area contributed by atoms with E-state index in [-0.39, 0.29) is 23.2 Å². The molecule has 2 aromatic carbocycles. The molecule has 2 N–H and O–H groups in total. The predicted octanol–water partition coefficient (Wildman–Crippen LogP) is 4.50. The molecule has 2 amide bonds. The first-order valence-electron chi connectivity index (χ1n) is 11.2. The fourth-order valence-corrected chi connectivity index (χ4v) is 3.20. The zero-order valence-corrected chi connectivity index (χ0v) is 20.7. The van der Waals surface area contributed by atoms with Crippen molar-refractivity contribution in [3.63, 3.8) is 0 Å². The first-order valence-corrected chi connectivity index (χ1v) is 11.2. The molecule has 2 rings (SSSR count). The van der Waals surface area contributed by atoms with Crippen molar-refractivity contribution in [1.82, 2.24) is 5.32 Å². The summed E-state index contributed by atoms with van der Waals surface area (Å²) < 4.78 is 15.9. The van der Waals surface area contributed by atoms with Crippen molar-refractivity contribution in [1.29, 1.82) is 0 Å².